The molecular weight excluding hydrogens is 357 g/mol. The molecule has 1 amide bonds. The van der Waals surface area contributed by atoms with Crippen LogP contribution in [-0.4, -0.2) is 39.4 Å². The SMILES string of the molecule is O=C(NCCn1nnc2ccccc21)c1ccc(C(=O)C(F)(F)F)s1. The molecule has 2 heterocycles. The molecule has 130 valence electrons. The van der Waals surface area contributed by atoms with Gasteiger partial charge in [-0.2, -0.15) is 13.2 Å². The monoisotopic (exact) mass is 368 g/mol. The molecule has 0 spiro atoms. The molecule has 0 aliphatic rings. The van der Waals surface area contributed by atoms with Gasteiger partial charge < -0.3 is 5.32 Å². The van der Waals surface area contributed by atoms with Crippen molar-refractivity contribution in [3.8, 4) is 0 Å². The number of benzene rings is 1. The Labute approximate surface area is 143 Å². The first kappa shape index (κ1) is 17.1. The van der Waals surface area contributed by atoms with Gasteiger partial charge in [0, 0.05) is 6.54 Å². The van der Waals surface area contributed by atoms with Crippen molar-refractivity contribution in [2.24, 2.45) is 0 Å². The number of halogens is 3. The number of thiophene rings is 1. The van der Waals surface area contributed by atoms with Crippen molar-refractivity contribution in [3.63, 3.8) is 0 Å². The number of carbonyl (C=O) groups is 2. The Bertz CT molecular complexity index is 932. The summed E-state index contributed by atoms with van der Waals surface area (Å²) in [7, 11) is 0. The lowest BCUT2D eigenvalue weighted by atomic mass is 10.3. The van der Waals surface area contributed by atoms with E-state index in [1.54, 1.807) is 4.68 Å². The minimum absolute atomic E-state index is 0.0380. The molecule has 0 atom stereocenters. The fourth-order valence-electron chi connectivity index (χ4n) is 2.17. The first-order valence-electron chi connectivity index (χ1n) is 7.14. The predicted molar refractivity (Wildman–Crippen MR) is 84.6 cm³/mol. The van der Waals surface area contributed by atoms with Crippen molar-refractivity contribution in [1.29, 1.82) is 0 Å². The minimum atomic E-state index is -4.95. The maximum atomic E-state index is 12.4. The van der Waals surface area contributed by atoms with E-state index in [1.807, 2.05) is 24.3 Å². The minimum Gasteiger partial charge on any atom is -0.349 e. The van der Waals surface area contributed by atoms with Crippen LogP contribution in [0.5, 0.6) is 0 Å². The van der Waals surface area contributed by atoms with Gasteiger partial charge in [-0.15, -0.1) is 16.4 Å². The van der Waals surface area contributed by atoms with Crippen LogP contribution in [-0.2, 0) is 6.54 Å². The summed E-state index contributed by atoms with van der Waals surface area (Å²) in [4.78, 5) is 22.6. The normalized spacial score (nSPS) is 11.6. The molecule has 3 rings (SSSR count). The molecule has 3 aromatic rings. The molecule has 0 fully saturated rings. The molecule has 0 aliphatic heterocycles. The van der Waals surface area contributed by atoms with Crippen molar-refractivity contribution < 1.29 is 22.8 Å². The second kappa shape index (κ2) is 6.63. The van der Waals surface area contributed by atoms with E-state index in [1.165, 1.54) is 6.07 Å². The zero-order chi connectivity index (χ0) is 18.0. The predicted octanol–water partition coefficient (Wildman–Crippen LogP) is 2.67. The van der Waals surface area contributed by atoms with Gasteiger partial charge in [0.1, 0.15) is 5.52 Å². The second-order valence-electron chi connectivity index (χ2n) is 5.05. The fraction of sp³-hybridized carbons (Fsp3) is 0.200. The summed E-state index contributed by atoms with van der Waals surface area (Å²) in [5.41, 5.74) is 1.54. The van der Waals surface area contributed by atoms with Crippen LogP contribution in [0.4, 0.5) is 13.2 Å². The Kier molecular flexibility index (Phi) is 4.53. The molecule has 1 N–H and O–H groups in total. The molecule has 6 nitrogen and oxygen atoms in total. The lowest BCUT2D eigenvalue weighted by molar-refractivity contribution is -0.0882. The number of fused-ring (bicyclic) bond motifs is 1. The van der Waals surface area contributed by atoms with E-state index >= 15 is 0 Å². The molecule has 0 aliphatic carbocycles. The lowest BCUT2D eigenvalue weighted by Gasteiger charge is -2.04. The Morgan fingerprint density at radius 3 is 2.60 bits per heavy atom. The average Bonchev–Trinajstić information content (AvgIpc) is 3.20. The second-order valence-corrected chi connectivity index (χ2v) is 6.13. The van der Waals surface area contributed by atoms with Crippen molar-refractivity contribution in [2.75, 3.05) is 6.54 Å². The number of rotatable bonds is 5. The molecule has 10 heteroatoms. The number of nitrogens with one attached hydrogen (secondary N) is 1. The third kappa shape index (κ3) is 3.68. The van der Waals surface area contributed by atoms with Crippen molar-refractivity contribution in [3.05, 3.63) is 46.2 Å². The van der Waals surface area contributed by atoms with E-state index in [0.717, 1.165) is 17.1 Å². The quantitative estimate of drug-likeness (QED) is 0.703. The van der Waals surface area contributed by atoms with Crippen LogP contribution in [0.2, 0.25) is 0 Å². The summed E-state index contributed by atoms with van der Waals surface area (Å²) in [6.07, 6.45) is -4.95. The van der Waals surface area contributed by atoms with Gasteiger partial charge in [-0.25, -0.2) is 4.68 Å². The van der Waals surface area contributed by atoms with Gasteiger partial charge in [0.25, 0.3) is 11.7 Å². The van der Waals surface area contributed by atoms with Gasteiger partial charge in [-0.3, -0.25) is 9.59 Å². The number of hydrogen-bond acceptors (Lipinski definition) is 5. The van der Waals surface area contributed by atoms with Crippen LogP contribution in [0.15, 0.2) is 36.4 Å². The molecule has 0 radical (unpaired) electrons. The summed E-state index contributed by atoms with van der Waals surface area (Å²) < 4.78 is 38.7. The van der Waals surface area contributed by atoms with E-state index in [-0.39, 0.29) is 11.4 Å². The zero-order valence-electron chi connectivity index (χ0n) is 12.6. The van der Waals surface area contributed by atoms with Crippen LogP contribution in [0.3, 0.4) is 0 Å². The molecule has 2 aromatic heterocycles. The van der Waals surface area contributed by atoms with Gasteiger partial charge in [0.2, 0.25) is 0 Å². The first-order chi connectivity index (χ1) is 11.9. The number of carbonyl (C=O) groups excluding carboxylic acids is 2. The fourth-order valence-corrected chi connectivity index (χ4v) is 3.05. The highest BCUT2D eigenvalue weighted by atomic mass is 32.1. The smallest absolute Gasteiger partial charge is 0.349 e. The highest BCUT2D eigenvalue weighted by Crippen LogP contribution is 2.26. The summed E-state index contributed by atoms with van der Waals surface area (Å²) in [6, 6.07) is 9.52. The molecule has 0 unspecified atom stereocenters. The number of hydrogen-bond donors (Lipinski definition) is 1. The van der Waals surface area contributed by atoms with Crippen LogP contribution >= 0.6 is 11.3 Å². The van der Waals surface area contributed by atoms with Crippen LogP contribution in [0.1, 0.15) is 19.3 Å². The van der Waals surface area contributed by atoms with Crippen molar-refractivity contribution in [2.45, 2.75) is 12.7 Å². The number of ketones is 1. The first-order valence-corrected chi connectivity index (χ1v) is 7.95. The largest absolute Gasteiger partial charge is 0.455 e. The van der Waals surface area contributed by atoms with E-state index in [4.69, 9.17) is 0 Å². The maximum Gasteiger partial charge on any atom is 0.455 e. The molecule has 25 heavy (non-hydrogen) atoms. The maximum absolute atomic E-state index is 12.4. The standard InChI is InChI=1S/C15H11F3N4O2S/c16-15(17,18)13(23)11-5-6-12(25-11)14(24)19-7-8-22-10-4-2-1-3-9(10)20-21-22/h1-6H,7-8H2,(H,19,24). The third-order valence-corrected chi connectivity index (χ3v) is 4.42. The van der Waals surface area contributed by atoms with Gasteiger partial charge in [-0.1, -0.05) is 17.3 Å². The summed E-state index contributed by atoms with van der Waals surface area (Å²) in [6.45, 7) is 0.568. The number of amides is 1. The Balaban J connectivity index is 1.60. The van der Waals surface area contributed by atoms with Crippen LogP contribution in [0.25, 0.3) is 11.0 Å². The highest BCUT2D eigenvalue weighted by molar-refractivity contribution is 7.16. The zero-order valence-corrected chi connectivity index (χ0v) is 13.4. The highest BCUT2D eigenvalue weighted by Gasteiger charge is 2.40. The number of Topliss-reactive ketones (excluding diaryl/α,β-unsaturated/α-hetero) is 1. The lowest BCUT2D eigenvalue weighted by Crippen LogP contribution is -2.27. The summed E-state index contributed by atoms with van der Waals surface area (Å²) in [5.74, 6) is -2.50. The van der Waals surface area contributed by atoms with Gasteiger partial charge in [-0.05, 0) is 24.3 Å². The topological polar surface area (TPSA) is 76.9 Å². The van der Waals surface area contributed by atoms with Crippen LogP contribution < -0.4 is 5.32 Å². The van der Waals surface area contributed by atoms with Gasteiger partial charge >= 0.3 is 6.18 Å². The molecule has 0 saturated carbocycles. The number of alkyl halides is 3. The Hall–Kier alpha value is -2.75. The summed E-state index contributed by atoms with van der Waals surface area (Å²) >= 11 is 0.510. The van der Waals surface area contributed by atoms with Gasteiger partial charge in [0.15, 0.2) is 0 Å². The van der Waals surface area contributed by atoms with E-state index in [2.05, 4.69) is 15.6 Å². The van der Waals surface area contributed by atoms with Crippen molar-refractivity contribution >= 4 is 34.1 Å². The molecule has 0 saturated heterocycles. The average molecular weight is 368 g/mol. The Morgan fingerprint density at radius 1 is 1.12 bits per heavy atom. The molecule has 1 aromatic carbocycles. The van der Waals surface area contributed by atoms with Gasteiger partial charge in [0.05, 0.1) is 21.8 Å². The molecular formula is C15H11F3N4O2S. The third-order valence-electron chi connectivity index (χ3n) is 3.34. The molecule has 0 bridgehead atoms. The van der Waals surface area contributed by atoms with Crippen LogP contribution in [0, 0.1) is 0 Å². The number of aromatic nitrogens is 3. The van der Waals surface area contributed by atoms with E-state index in [0.29, 0.717) is 17.9 Å². The Morgan fingerprint density at radius 2 is 1.84 bits per heavy atom. The van der Waals surface area contributed by atoms with Crippen molar-refractivity contribution in [1.82, 2.24) is 20.3 Å². The number of para-hydroxylation sites is 1. The number of nitrogens with zero attached hydrogens (tertiary/aromatic N) is 3. The van der Waals surface area contributed by atoms with E-state index in [9.17, 15) is 22.8 Å². The van der Waals surface area contributed by atoms with E-state index < -0.39 is 22.7 Å². The summed E-state index contributed by atoms with van der Waals surface area (Å²) in [5, 5.41) is 10.5.